The summed E-state index contributed by atoms with van der Waals surface area (Å²) in [7, 11) is -3.37. The number of hydrogen-bond donors (Lipinski definition) is 0. The van der Waals surface area contributed by atoms with Gasteiger partial charge >= 0.3 is 0 Å². The first-order chi connectivity index (χ1) is 6.21. The van der Waals surface area contributed by atoms with Crippen molar-refractivity contribution in [3.05, 3.63) is 11.9 Å². The van der Waals surface area contributed by atoms with Crippen LogP contribution in [0.25, 0.3) is 0 Å². The fourth-order valence-corrected chi connectivity index (χ4v) is 1.27. The monoisotopic (exact) mass is 215 g/mol. The Labute approximate surface area is 83.5 Å². The zero-order chi connectivity index (χ0) is 11.0. The van der Waals surface area contributed by atoms with Crippen molar-refractivity contribution >= 4 is 9.84 Å². The molecular weight excluding hydrogens is 202 g/mol. The van der Waals surface area contributed by atoms with Crippen LogP contribution in [0.1, 0.15) is 26.5 Å². The molecule has 0 bridgehead atoms. The van der Waals surface area contributed by atoms with Gasteiger partial charge in [-0.25, -0.2) is 13.4 Å². The van der Waals surface area contributed by atoms with Gasteiger partial charge in [0.1, 0.15) is 0 Å². The van der Waals surface area contributed by atoms with Gasteiger partial charge < -0.3 is 0 Å². The van der Waals surface area contributed by atoms with Gasteiger partial charge in [0.25, 0.3) is 5.16 Å². The number of nitrogens with zero attached hydrogens (tertiary/aromatic N) is 3. The molecule has 0 saturated carbocycles. The van der Waals surface area contributed by atoms with Gasteiger partial charge in [-0.05, 0) is 0 Å². The third-order valence-electron chi connectivity index (χ3n) is 1.64. The molecule has 0 radical (unpaired) electrons. The molecular formula is C8H13N3O2S. The van der Waals surface area contributed by atoms with E-state index in [1.165, 1.54) is 6.20 Å². The lowest BCUT2D eigenvalue weighted by atomic mass is 9.93. The minimum absolute atomic E-state index is 0.218. The van der Waals surface area contributed by atoms with E-state index in [9.17, 15) is 8.42 Å². The van der Waals surface area contributed by atoms with Crippen LogP contribution < -0.4 is 0 Å². The van der Waals surface area contributed by atoms with Gasteiger partial charge in [0.2, 0.25) is 9.84 Å². The highest BCUT2D eigenvalue weighted by Crippen LogP contribution is 2.19. The van der Waals surface area contributed by atoms with Crippen LogP contribution in [-0.2, 0) is 15.3 Å². The zero-order valence-corrected chi connectivity index (χ0v) is 9.46. The van der Waals surface area contributed by atoms with E-state index in [0.717, 1.165) is 6.26 Å². The van der Waals surface area contributed by atoms with Crippen molar-refractivity contribution in [3.8, 4) is 0 Å². The Bertz CT molecular complexity index is 434. The first-order valence-corrected chi connectivity index (χ1v) is 6.00. The number of hydrogen-bond acceptors (Lipinski definition) is 5. The second kappa shape index (κ2) is 3.27. The second-order valence-corrected chi connectivity index (χ2v) is 6.06. The molecule has 0 spiro atoms. The molecule has 1 heterocycles. The molecule has 0 saturated heterocycles. The summed E-state index contributed by atoms with van der Waals surface area (Å²) in [6.45, 7) is 5.80. The van der Waals surface area contributed by atoms with Gasteiger partial charge in [-0.1, -0.05) is 20.8 Å². The molecule has 78 valence electrons. The SMILES string of the molecule is CC(C)(C)c1cnnc(S(C)(=O)=O)n1. The Morgan fingerprint density at radius 1 is 1.29 bits per heavy atom. The minimum Gasteiger partial charge on any atom is -0.221 e. The lowest BCUT2D eigenvalue weighted by Gasteiger charge is -2.16. The maximum absolute atomic E-state index is 11.1. The van der Waals surface area contributed by atoms with Crippen molar-refractivity contribution in [3.63, 3.8) is 0 Å². The molecule has 0 fully saturated rings. The molecule has 0 aliphatic carbocycles. The van der Waals surface area contributed by atoms with E-state index in [2.05, 4.69) is 15.2 Å². The molecule has 0 N–H and O–H groups in total. The predicted octanol–water partition coefficient (Wildman–Crippen LogP) is 0.573. The van der Waals surface area contributed by atoms with Gasteiger partial charge in [-0.2, -0.15) is 5.10 Å². The average Bonchev–Trinajstić information content (AvgIpc) is 2.01. The van der Waals surface area contributed by atoms with Crippen LogP contribution in [0.15, 0.2) is 11.4 Å². The lowest BCUT2D eigenvalue weighted by Crippen LogP contribution is -2.17. The van der Waals surface area contributed by atoms with Crippen molar-refractivity contribution in [2.45, 2.75) is 31.3 Å². The lowest BCUT2D eigenvalue weighted by molar-refractivity contribution is 0.539. The molecule has 1 rings (SSSR count). The molecule has 0 amide bonds. The first-order valence-electron chi connectivity index (χ1n) is 4.11. The second-order valence-electron chi connectivity index (χ2n) is 4.15. The Kier molecular flexibility index (Phi) is 2.58. The van der Waals surface area contributed by atoms with Crippen LogP contribution in [0.5, 0.6) is 0 Å². The van der Waals surface area contributed by atoms with Gasteiger partial charge in [0, 0.05) is 11.7 Å². The minimum atomic E-state index is -3.37. The molecule has 5 nitrogen and oxygen atoms in total. The average molecular weight is 215 g/mol. The van der Waals surface area contributed by atoms with E-state index >= 15 is 0 Å². The van der Waals surface area contributed by atoms with Crippen LogP contribution in [0, 0.1) is 0 Å². The maximum atomic E-state index is 11.1. The smallest absolute Gasteiger partial charge is 0.221 e. The topological polar surface area (TPSA) is 72.8 Å². The van der Waals surface area contributed by atoms with E-state index in [1.807, 2.05) is 20.8 Å². The molecule has 0 aromatic carbocycles. The Morgan fingerprint density at radius 3 is 2.29 bits per heavy atom. The van der Waals surface area contributed by atoms with Crippen LogP contribution in [-0.4, -0.2) is 29.9 Å². The predicted molar refractivity (Wildman–Crippen MR) is 51.6 cm³/mol. The first kappa shape index (κ1) is 11.0. The Morgan fingerprint density at radius 2 is 1.86 bits per heavy atom. The summed E-state index contributed by atoms with van der Waals surface area (Å²) in [5, 5.41) is 6.88. The van der Waals surface area contributed by atoms with Crippen molar-refractivity contribution in [2.24, 2.45) is 0 Å². The number of sulfone groups is 1. The normalized spacial score (nSPS) is 12.9. The van der Waals surface area contributed by atoms with E-state index in [1.54, 1.807) is 0 Å². The van der Waals surface area contributed by atoms with Crippen LogP contribution >= 0.6 is 0 Å². The summed E-state index contributed by atoms with van der Waals surface area (Å²) < 4.78 is 22.3. The fourth-order valence-electron chi connectivity index (χ4n) is 0.806. The molecule has 14 heavy (non-hydrogen) atoms. The van der Waals surface area contributed by atoms with Gasteiger partial charge in [0.15, 0.2) is 0 Å². The van der Waals surface area contributed by atoms with Crippen molar-refractivity contribution < 1.29 is 8.42 Å². The van der Waals surface area contributed by atoms with Gasteiger partial charge in [-0.15, -0.1) is 5.10 Å². The van der Waals surface area contributed by atoms with E-state index in [4.69, 9.17) is 0 Å². The molecule has 0 aliphatic heterocycles. The summed E-state index contributed by atoms with van der Waals surface area (Å²) in [4.78, 5) is 3.95. The van der Waals surface area contributed by atoms with Gasteiger partial charge in [-0.3, -0.25) is 0 Å². The summed E-state index contributed by atoms with van der Waals surface area (Å²) >= 11 is 0. The van der Waals surface area contributed by atoms with E-state index in [-0.39, 0.29) is 10.6 Å². The fraction of sp³-hybridized carbons (Fsp3) is 0.625. The molecule has 6 heteroatoms. The Hall–Kier alpha value is -1.04. The van der Waals surface area contributed by atoms with Crippen molar-refractivity contribution in [1.82, 2.24) is 15.2 Å². The molecule has 1 aromatic heterocycles. The van der Waals surface area contributed by atoms with Gasteiger partial charge in [0.05, 0.1) is 11.9 Å². The van der Waals surface area contributed by atoms with Crippen LogP contribution in [0.2, 0.25) is 0 Å². The zero-order valence-electron chi connectivity index (χ0n) is 8.64. The van der Waals surface area contributed by atoms with Crippen LogP contribution in [0.3, 0.4) is 0 Å². The highest BCUT2D eigenvalue weighted by Gasteiger charge is 2.19. The highest BCUT2D eigenvalue weighted by atomic mass is 32.2. The summed E-state index contributed by atoms with van der Waals surface area (Å²) in [5.41, 5.74) is 0.392. The molecule has 0 aliphatic rings. The summed E-state index contributed by atoms with van der Waals surface area (Å²) in [5.74, 6) is 0. The van der Waals surface area contributed by atoms with Crippen molar-refractivity contribution in [2.75, 3.05) is 6.26 Å². The van der Waals surface area contributed by atoms with E-state index < -0.39 is 9.84 Å². The maximum Gasteiger partial charge on any atom is 0.267 e. The quantitative estimate of drug-likeness (QED) is 0.685. The van der Waals surface area contributed by atoms with E-state index in [0.29, 0.717) is 5.69 Å². The highest BCUT2D eigenvalue weighted by molar-refractivity contribution is 7.90. The molecule has 1 aromatic rings. The molecule has 0 atom stereocenters. The standard InChI is InChI=1S/C8H13N3O2S/c1-8(2,3)6-5-9-11-7(10-6)14(4,12)13/h5H,1-4H3. The van der Waals surface area contributed by atoms with Crippen molar-refractivity contribution in [1.29, 1.82) is 0 Å². The largest absolute Gasteiger partial charge is 0.267 e. The Balaban J connectivity index is 3.29. The molecule has 0 unspecified atom stereocenters. The third kappa shape index (κ3) is 2.47. The third-order valence-corrected chi connectivity index (χ3v) is 2.48. The van der Waals surface area contributed by atoms with Crippen LogP contribution in [0.4, 0.5) is 0 Å². The number of aromatic nitrogens is 3. The summed E-state index contributed by atoms with van der Waals surface area (Å²) in [6.07, 6.45) is 2.55. The summed E-state index contributed by atoms with van der Waals surface area (Å²) in [6, 6.07) is 0. The number of rotatable bonds is 1.